The number of benzene rings is 2. The molecule has 1 atom stereocenters. The van der Waals surface area contributed by atoms with Gasteiger partial charge in [-0.15, -0.1) is 11.3 Å². The second kappa shape index (κ2) is 7.65. The summed E-state index contributed by atoms with van der Waals surface area (Å²) in [4.78, 5) is 8.92. The van der Waals surface area contributed by atoms with Gasteiger partial charge < -0.3 is 19.4 Å². The smallest absolute Gasteiger partial charge is 0.132 e. The molecule has 4 aromatic rings. The van der Waals surface area contributed by atoms with E-state index in [1.165, 1.54) is 0 Å². The van der Waals surface area contributed by atoms with Crippen LogP contribution in [0.4, 0.5) is 11.4 Å². The SMILES string of the molecule is CP(C)(=O)c1cc2c(Nc3ccc4scnc4c3)ccnc2cc1O[C@@H]1CCOC1. The summed E-state index contributed by atoms with van der Waals surface area (Å²) in [5.74, 6) is 0.639. The lowest BCUT2D eigenvalue weighted by molar-refractivity contribution is 0.142. The second-order valence-electron chi connectivity index (χ2n) is 7.81. The van der Waals surface area contributed by atoms with E-state index in [1.807, 2.05) is 35.8 Å². The number of fused-ring (bicyclic) bond motifs is 2. The molecule has 6 nitrogen and oxygen atoms in total. The van der Waals surface area contributed by atoms with Crippen LogP contribution in [-0.2, 0) is 9.30 Å². The van der Waals surface area contributed by atoms with Gasteiger partial charge in [-0.3, -0.25) is 4.98 Å². The van der Waals surface area contributed by atoms with Crippen molar-refractivity contribution in [3.63, 3.8) is 0 Å². The Morgan fingerprint density at radius 2 is 2.07 bits per heavy atom. The molecule has 0 aliphatic carbocycles. The van der Waals surface area contributed by atoms with Crippen LogP contribution in [0, 0.1) is 0 Å². The number of aromatic nitrogens is 2. The molecule has 0 bridgehead atoms. The van der Waals surface area contributed by atoms with E-state index in [0.717, 1.165) is 44.2 Å². The lowest BCUT2D eigenvalue weighted by atomic mass is 10.1. The fraction of sp³-hybridized carbons (Fsp3) is 0.273. The zero-order valence-electron chi connectivity index (χ0n) is 16.8. The number of hydrogen-bond acceptors (Lipinski definition) is 7. The molecule has 30 heavy (non-hydrogen) atoms. The number of nitrogens with zero attached hydrogens (tertiary/aromatic N) is 2. The molecule has 8 heteroatoms. The monoisotopic (exact) mass is 439 g/mol. The second-order valence-corrected chi connectivity index (χ2v) is 11.9. The van der Waals surface area contributed by atoms with Gasteiger partial charge in [0.05, 0.1) is 39.8 Å². The van der Waals surface area contributed by atoms with Gasteiger partial charge in [0.15, 0.2) is 0 Å². The van der Waals surface area contributed by atoms with Crippen LogP contribution in [-0.4, -0.2) is 42.6 Å². The Balaban J connectivity index is 1.58. The van der Waals surface area contributed by atoms with E-state index >= 15 is 0 Å². The largest absolute Gasteiger partial charge is 0.487 e. The highest BCUT2D eigenvalue weighted by Gasteiger charge is 2.24. The van der Waals surface area contributed by atoms with Crippen molar-refractivity contribution in [2.24, 2.45) is 0 Å². The van der Waals surface area contributed by atoms with Gasteiger partial charge in [-0.2, -0.15) is 0 Å². The Kier molecular flexibility index (Phi) is 4.97. The maximum atomic E-state index is 13.1. The van der Waals surface area contributed by atoms with Crippen LogP contribution in [0.15, 0.2) is 48.1 Å². The molecule has 0 saturated carbocycles. The average molecular weight is 439 g/mol. The van der Waals surface area contributed by atoms with Gasteiger partial charge in [-0.05, 0) is 43.7 Å². The van der Waals surface area contributed by atoms with Crippen LogP contribution in [0.3, 0.4) is 0 Å². The zero-order valence-corrected chi connectivity index (χ0v) is 18.5. The van der Waals surface area contributed by atoms with Crippen molar-refractivity contribution in [3.8, 4) is 5.75 Å². The first-order valence-corrected chi connectivity index (χ1v) is 13.3. The summed E-state index contributed by atoms with van der Waals surface area (Å²) in [7, 11) is -2.57. The van der Waals surface area contributed by atoms with Gasteiger partial charge in [-0.25, -0.2) is 4.98 Å². The topological polar surface area (TPSA) is 73.3 Å². The predicted molar refractivity (Wildman–Crippen MR) is 124 cm³/mol. The summed E-state index contributed by atoms with van der Waals surface area (Å²) in [6.07, 6.45) is 2.59. The summed E-state index contributed by atoms with van der Waals surface area (Å²) in [5, 5.41) is 5.11. The van der Waals surface area contributed by atoms with Crippen molar-refractivity contribution in [2.75, 3.05) is 31.9 Å². The van der Waals surface area contributed by atoms with Crippen LogP contribution in [0.25, 0.3) is 21.1 Å². The first-order chi connectivity index (χ1) is 14.5. The summed E-state index contributed by atoms with van der Waals surface area (Å²) < 4.78 is 25.8. The molecule has 2 aromatic heterocycles. The molecule has 5 rings (SSSR count). The summed E-state index contributed by atoms with van der Waals surface area (Å²) in [5.41, 5.74) is 5.45. The Labute approximate surface area is 178 Å². The van der Waals surface area contributed by atoms with E-state index < -0.39 is 7.14 Å². The van der Waals surface area contributed by atoms with Crippen LogP contribution < -0.4 is 15.4 Å². The molecule has 1 aliphatic heterocycles. The standard InChI is InChI=1S/C22H22N3O3PS/c1-29(2,26)21-10-16-17(25-14-3-4-22-19(9-14)24-13-30-22)5-7-23-18(16)11-20(21)28-15-6-8-27-12-15/h3-5,7,9-11,13,15H,6,8,12H2,1-2H3,(H,23,25)/t15-/m1/s1. The molecule has 154 valence electrons. The highest BCUT2D eigenvalue weighted by Crippen LogP contribution is 2.41. The molecule has 1 aliphatic rings. The third kappa shape index (κ3) is 3.81. The molecular weight excluding hydrogens is 417 g/mol. The normalized spacial score (nSPS) is 16.9. The molecule has 0 radical (unpaired) electrons. The molecule has 1 saturated heterocycles. The number of nitrogens with one attached hydrogen (secondary N) is 1. The molecule has 3 heterocycles. The minimum absolute atomic E-state index is 0.0149. The van der Waals surface area contributed by atoms with E-state index in [0.29, 0.717) is 19.0 Å². The molecule has 1 fully saturated rings. The predicted octanol–water partition coefficient (Wildman–Crippen LogP) is 5.00. The lowest BCUT2D eigenvalue weighted by Gasteiger charge is -2.19. The molecule has 0 unspecified atom stereocenters. The first-order valence-electron chi connectivity index (χ1n) is 9.80. The third-order valence-electron chi connectivity index (χ3n) is 5.19. The molecule has 2 aromatic carbocycles. The zero-order chi connectivity index (χ0) is 20.7. The van der Waals surface area contributed by atoms with E-state index in [9.17, 15) is 4.57 Å². The summed E-state index contributed by atoms with van der Waals surface area (Å²) >= 11 is 1.62. The fourth-order valence-corrected chi connectivity index (χ4v) is 5.41. The van der Waals surface area contributed by atoms with Crippen LogP contribution in [0.1, 0.15) is 6.42 Å². The van der Waals surface area contributed by atoms with E-state index in [1.54, 1.807) is 30.9 Å². The lowest BCUT2D eigenvalue weighted by Crippen LogP contribution is -2.20. The van der Waals surface area contributed by atoms with E-state index in [4.69, 9.17) is 9.47 Å². The van der Waals surface area contributed by atoms with Crippen molar-refractivity contribution in [1.29, 1.82) is 0 Å². The van der Waals surface area contributed by atoms with Crippen molar-refractivity contribution in [1.82, 2.24) is 9.97 Å². The van der Waals surface area contributed by atoms with Crippen LogP contribution >= 0.6 is 18.5 Å². The summed E-state index contributed by atoms with van der Waals surface area (Å²) in [6.45, 7) is 4.79. The van der Waals surface area contributed by atoms with Crippen molar-refractivity contribution >= 4 is 56.3 Å². The highest BCUT2D eigenvalue weighted by molar-refractivity contribution is 7.70. The summed E-state index contributed by atoms with van der Waals surface area (Å²) in [6, 6.07) is 11.9. The van der Waals surface area contributed by atoms with Crippen molar-refractivity contribution < 1.29 is 14.0 Å². The number of thiazole rings is 1. The maximum absolute atomic E-state index is 13.1. The molecule has 1 N–H and O–H groups in total. The van der Waals surface area contributed by atoms with Gasteiger partial charge in [0.25, 0.3) is 0 Å². The molecule has 0 spiro atoms. The number of ether oxygens (including phenoxy) is 2. The van der Waals surface area contributed by atoms with Gasteiger partial charge in [0.2, 0.25) is 0 Å². The average Bonchev–Trinajstić information content (AvgIpc) is 3.38. The van der Waals surface area contributed by atoms with Crippen LogP contribution in [0.5, 0.6) is 5.75 Å². The Bertz CT molecular complexity index is 1280. The third-order valence-corrected chi connectivity index (χ3v) is 7.51. The first kappa shape index (κ1) is 19.5. The highest BCUT2D eigenvalue weighted by atomic mass is 32.1. The van der Waals surface area contributed by atoms with E-state index in [-0.39, 0.29) is 6.10 Å². The number of rotatable bonds is 5. The Morgan fingerprint density at radius 3 is 2.87 bits per heavy atom. The van der Waals surface area contributed by atoms with Crippen molar-refractivity contribution in [2.45, 2.75) is 12.5 Å². The van der Waals surface area contributed by atoms with Crippen LogP contribution in [0.2, 0.25) is 0 Å². The minimum Gasteiger partial charge on any atom is -0.487 e. The van der Waals surface area contributed by atoms with Gasteiger partial charge in [0, 0.05) is 35.4 Å². The fourth-order valence-electron chi connectivity index (χ4n) is 3.66. The van der Waals surface area contributed by atoms with Crippen molar-refractivity contribution in [3.05, 3.63) is 48.1 Å². The number of hydrogen-bond donors (Lipinski definition) is 1. The Morgan fingerprint density at radius 1 is 1.17 bits per heavy atom. The number of pyridine rings is 1. The number of anilines is 2. The Hall–Kier alpha value is -2.47. The maximum Gasteiger partial charge on any atom is 0.132 e. The molecular formula is C22H22N3O3PS. The quantitative estimate of drug-likeness (QED) is 0.441. The van der Waals surface area contributed by atoms with Gasteiger partial charge >= 0.3 is 0 Å². The van der Waals surface area contributed by atoms with E-state index in [2.05, 4.69) is 21.4 Å². The van der Waals surface area contributed by atoms with Gasteiger partial charge in [0.1, 0.15) is 19.0 Å². The molecule has 0 amide bonds. The van der Waals surface area contributed by atoms with Gasteiger partial charge in [-0.1, -0.05) is 0 Å². The minimum atomic E-state index is -2.57.